The second kappa shape index (κ2) is 8.19. The Kier molecular flexibility index (Phi) is 5.84. The number of para-hydroxylation sites is 1. The minimum Gasteiger partial charge on any atom is -0.494 e. The summed E-state index contributed by atoms with van der Waals surface area (Å²) in [6, 6.07) is 10.0. The summed E-state index contributed by atoms with van der Waals surface area (Å²) in [4.78, 5) is 15.5. The van der Waals surface area contributed by atoms with Gasteiger partial charge in [0.25, 0.3) is 0 Å². The number of hydrogen-bond donors (Lipinski definition) is 1. The molecule has 0 unspecified atom stereocenters. The Hall–Kier alpha value is -3.33. The third kappa shape index (κ3) is 4.16. The van der Waals surface area contributed by atoms with Gasteiger partial charge >= 0.3 is 12.1 Å². The van der Waals surface area contributed by atoms with Crippen LogP contribution in [0.4, 0.5) is 17.6 Å². The Morgan fingerprint density at radius 1 is 1.10 bits per heavy atom. The molecule has 0 aliphatic rings. The molecular formula is C20H12ClF4NO4. The highest BCUT2D eigenvalue weighted by Gasteiger charge is 2.39. The average Bonchev–Trinajstić information content (AvgIpc) is 2.68. The molecule has 10 heteroatoms. The monoisotopic (exact) mass is 441 g/mol. The number of pyridine rings is 1. The number of hydrogen-bond acceptors (Lipinski definition) is 4. The molecule has 5 nitrogen and oxygen atoms in total. The maximum Gasteiger partial charge on any atom is 0.417 e. The van der Waals surface area contributed by atoms with E-state index in [0.29, 0.717) is 6.07 Å². The normalized spacial score (nSPS) is 11.3. The van der Waals surface area contributed by atoms with E-state index in [1.807, 2.05) is 0 Å². The number of carbonyl (C=O) groups is 1. The van der Waals surface area contributed by atoms with Gasteiger partial charge in [-0.1, -0.05) is 29.8 Å². The third-order valence-electron chi connectivity index (χ3n) is 4.01. The van der Waals surface area contributed by atoms with E-state index >= 15 is 0 Å². The Morgan fingerprint density at radius 2 is 1.77 bits per heavy atom. The first kappa shape index (κ1) is 21.4. The molecule has 3 rings (SSSR count). The maximum absolute atomic E-state index is 14.6. The molecule has 2 aromatic carbocycles. The number of nitrogens with zero attached hydrogens (tertiary/aromatic N) is 1. The van der Waals surface area contributed by atoms with Crippen LogP contribution in [0.2, 0.25) is 5.02 Å². The van der Waals surface area contributed by atoms with Gasteiger partial charge < -0.3 is 14.6 Å². The number of ether oxygens (including phenoxy) is 2. The van der Waals surface area contributed by atoms with Crippen LogP contribution in [0.1, 0.15) is 15.9 Å². The summed E-state index contributed by atoms with van der Waals surface area (Å²) in [6.07, 6.45) is -5.08. The molecule has 0 spiro atoms. The van der Waals surface area contributed by atoms with Crippen LogP contribution in [0.5, 0.6) is 17.4 Å². The molecule has 156 valence electrons. The zero-order chi connectivity index (χ0) is 22.1. The number of carboxylic acids is 1. The van der Waals surface area contributed by atoms with Gasteiger partial charge in [-0.2, -0.15) is 13.2 Å². The van der Waals surface area contributed by atoms with Crippen LogP contribution in [-0.4, -0.2) is 23.2 Å². The summed E-state index contributed by atoms with van der Waals surface area (Å²) in [7, 11) is 1.19. The molecule has 0 amide bonds. The predicted octanol–water partition coefficient (Wildman–Crippen LogP) is 6.06. The van der Waals surface area contributed by atoms with Crippen molar-refractivity contribution in [3.8, 4) is 28.6 Å². The van der Waals surface area contributed by atoms with Gasteiger partial charge in [-0.25, -0.2) is 14.2 Å². The first-order chi connectivity index (χ1) is 14.1. The molecule has 0 aliphatic heterocycles. The Balaban J connectivity index is 2.31. The molecule has 3 aromatic rings. The summed E-state index contributed by atoms with van der Waals surface area (Å²) in [5.41, 5.74) is -3.61. The Morgan fingerprint density at radius 3 is 2.37 bits per heavy atom. The zero-order valence-corrected chi connectivity index (χ0v) is 15.9. The topological polar surface area (TPSA) is 68.7 Å². The summed E-state index contributed by atoms with van der Waals surface area (Å²) in [5, 5.41) is 9.42. The van der Waals surface area contributed by atoms with E-state index in [0.717, 1.165) is 0 Å². The standard InChI is InChI=1S/C20H12ClF4NO4/c1-29-15-8-4-5-10(17(15)22)13-9-11(20(23,24)25)16(19(27)28)18(26-13)30-14-7-3-2-6-12(14)21/h2-9H,1H3,(H,27,28). The van der Waals surface area contributed by atoms with Crippen LogP contribution < -0.4 is 9.47 Å². The molecular weight excluding hydrogens is 430 g/mol. The lowest BCUT2D eigenvalue weighted by molar-refractivity contribution is -0.138. The van der Waals surface area contributed by atoms with E-state index in [-0.39, 0.29) is 22.1 Å². The first-order valence-corrected chi connectivity index (χ1v) is 8.62. The van der Waals surface area contributed by atoms with E-state index in [2.05, 4.69) is 4.98 Å². The largest absolute Gasteiger partial charge is 0.494 e. The second-order valence-corrected chi connectivity index (χ2v) is 6.30. The fraction of sp³-hybridized carbons (Fsp3) is 0.100. The minimum absolute atomic E-state index is 0.0159. The highest BCUT2D eigenvalue weighted by Crippen LogP contribution is 2.41. The minimum atomic E-state index is -5.08. The maximum atomic E-state index is 14.6. The van der Waals surface area contributed by atoms with Gasteiger partial charge in [-0.15, -0.1) is 0 Å². The van der Waals surface area contributed by atoms with Crippen LogP contribution in [-0.2, 0) is 6.18 Å². The van der Waals surface area contributed by atoms with Crippen LogP contribution in [0.25, 0.3) is 11.3 Å². The van der Waals surface area contributed by atoms with Crippen molar-refractivity contribution in [2.45, 2.75) is 6.18 Å². The number of alkyl halides is 3. The quantitative estimate of drug-likeness (QED) is 0.487. The fourth-order valence-corrected chi connectivity index (χ4v) is 2.84. The van der Waals surface area contributed by atoms with Crippen molar-refractivity contribution in [3.63, 3.8) is 0 Å². The van der Waals surface area contributed by atoms with E-state index in [4.69, 9.17) is 21.1 Å². The van der Waals surface area contributed by atoms with Gasteiger partial charge in [0, 0.05) is 5.56 Å². The van der Waals surface area contributed by atoms with Gasteiger partial charge in [0.15, 0.2) is 11.6 Å². The summed E-state index contributed by atoms with van der Waals surface area (Å²) >= 11 is 5.96. The third-order valence-corrected chi connectivity index (χ3v) is 4.32. The van der Waals surface area contributed by atoms with Gasteiger partial charge in [0.05, 0.1) is 23.4 Å². The Labute approximate surface area is 172 Å². The van der Waals surface area contributed by atoms with Crippen molar-refractivity contribution >= 4 is 17.6 Å². The number of rotatable bonds is 5. The van der Waals surface area contributed by atoms with Crippen LogP contribution in [0, 0.1) is 5.82 Å². The molecule has 0 saturated carbocycles. The highest BCUT2D eigenvalue weighted by molar-refractivity contribution is 6.32. The molecule has 0 fully saturated rings. The Bertz CT molecular complexity index is 1120. The predicted molar refractivity (Wildman–Crippen MR) is 99.7 cm³/mol. The van der Waals surface area contributed by atoms with E-state index in [1.54, 1.807) is 6.07 Å². The SMILES string of the molecule is COc1cccc(-c2cc(C(F)(F)F)c(C(=O)O)c(Oc3ccccc3Cl)n2)c1F. The summed E-state index contributed by atoms with van der Waals surface area (Å²) < 4.78 is 65.8. The van der Waals surface area contributed by atoms with Crippen molar-refractivity contribution in [2.24, 2.45) is 0 Å². The number of carboxylic acid groups (broad SMARTS) is 1. The summed E-state index contributed by atoms with van der Waals surface area (Å²) in [5.74, 6) is -4.12. The lowest BCUT2D eigenvalue weighted by Gasteiger charge is -2.17. The molecule has 1 aromatic heterocycles. The molecule has 0 bridgehead atoms. The number of halogens is 5. The van der Waals surface area contributed by atoms with Gasteiger partial charge in [0.2, 0.25) is 5.88 Å². The van der Waals surface area contributed by atoms with E-state index in [1.165, 1.54) is 43.5 Å². The molecule has 0 aliphatic carbocycles. The highest BCUT2D eigenvalue weighted by atomic mass is 35.5. The van der Waals surface area contributed by atoms with Crippen LogP contribution >= 0.6 is 11.6 Å². The molecule has 1 heterocycles. The number of aromatic nitrogens is 1. The van der Waals surface area contributed by atoms with Crippen molar-refractivity contribution in [1.82, 2.24) is 4.98 Å². The number of methoxy groups -OCH3 is 1. The van der Waals surface area contributed by atoms with Crippen molar-refractivity contribution in [1.29, 1.82) is 0 Å². The summed E-state index contributed by atoms with van der Waals surface area (Å²) in [6.45, 7) is 0. The van der Waals surface area contributed by atoms with Crippen molar-refractivity contribution in [3.05, 3.63) is 70.5 Å². The van der Waals surface area contributed by atoms with Gasteiger partial charge in [-0.3, -0.25) is 0 Å². The number of benzene rings is 2. The van der Waals surface area contributed by atoms with Crippen molar-refractivity contribution < 1.29 is 36.9 Å². The van der Waals surface area contributed by atoms with Gasteiger partial charge in [0.1, 0.15) is 11.3 Å². The lowest BCUT2D eigenvalue weighted by atomic mass is 10.0. The number of aromatic carboxylic acids is 1. The van der Waals surface area contributed by atoms with Crippen LogP contribution in [0.3, 0.4) is 0 Å². The fourth-order valence-electron chi connectivity index (χ4n) is 2.66. The smallest absolute Gasteiger partial charge is 0.417 e. The van der Waals surface area contributed by atoms with Crippen molar-refractivity contribution in [2.75, 3.05) is 7.11 Å². The second-order valence-electron chi connectivity index (χ2n) is 5.89. The molecule has 1 N–H and O–H groups in total. The molecule has 30 heavy (non-hydrogen) atoms. The van der Waals surface area contributed by atoms with Gasteiger partial charge in [-0.05, 0) is 30.3 Å². The first-order valence-electron chi connectivity index (χ1n) is 8.24. The van der Waals surface area contributed by atoms with E-state index < -0.39 is 40.7 Å². The average molecular weight is 442 g/mol. The zero-order valence-electron chi connectivity index (χ0n) is 15.1. The van der Waals surface area contributed by atoms with E-state index in [9.17, 15) is 27.5 Å². The molecule has 0 radical (unpaired) electrons. The lowest BCUT2D eigenvalue weighted by Crippen LogP contribution is -2.16. The molecule has 0 atom stereocenters. The molecule has 0 saturated heterocycles. The van der Waals surface area contributed by atoms with Crippen LogP contribution in [0.15, 0.2) is 48.5 Å².